The molecule has 0 fully saturated rings. The van der Waals surface area contributed by atoms with E-state index in [1.807, 2.05) is 24.6 Å². The second-order valence-corrected chi connectivity index (χ2v) is 4.07. The number of carbonyl (C=O) groups is 1. The lowest BCUT2D eigenvalue weighted by Gasteiger charge is -2.03. The van der Waals surface area contributed by atoms with Gasteiger partial charge in [-0.15, -0.1) is 6.58 Å². The van der Waals surface area contributed by atoms with E-state index in [0.29, 0.717) is 12.1 Å². The average molecular weight is 233 g/mol. The third-order valence-electron chi connectivity index (χ3n) is 2.70. The van der Waals surface area contributed by atoms with Gasteiger partial charge >= 0.3 is 0 Å². The van der Waals surface area contributed by atoms with Crippen molar-refractivity contribution in [2.24, 2.45) is 7.05 Å². The Bertz CT molecular complexity index is 457. The van der Waals surface area contributed by atoms with E-state index in [1.165, 1.54) is 0 Å². The maximum atomic E-state index is 11.4. The molecule has 4 nitrogen and oxygen atoms in total. The summed E-state index contributed by atoms with van der Waals surface area (Å²) in [7, 11) is 1.96. The van der Waals surface area contributed by atoms with Crippen LogP contribution in [0.15, 0.2) is 24.8 Å². The Hall–Kier alpha value is -1.84. The van der Waals surface area contributed by atoms with Gasteiger partial charge in [-0.2, -0.15) is 0 Å². The van der Waals surface area contributed by atoms with Crippen molar-refractivity contribution < 1.29 is 4.79 Å². The molecule has 0 radical (unpaired) electrons. The number of allylic oxidation sites excluding steroid dienone is 1. The largest absolute Gasteiger partial charge is 0.347 e. The fourth-order valence-corrected chi connectivity index (χ4v) is 1.49. The van der Waals surface area contributed by atoms with E-state index in [0.717, 1.165) is 23.6 Å². The van der Waals surface area contributed by atoms with Gasteiger partial charge in [0.15, 0.2) is 0 Å². The Balaban J connectivity index is 2.78. The first-order valence-electron chi connectivity index (χ1n) is 5.53. The van der Waals surface area contributed by atoms with Crippen molar-refractivity contribution in [1.82, 2.24) is 14.9 Å². The van der Waals surface area contributed by atoms with E-state index in [4.69, 9.17) is 0 Å². The zero-order valence-electron chi connectivity index (χ0n) is 10.7. The van der Waals surface area contributed by atoms with Crippen LogP contribution in [-0.4, -0.2) is 15.5 Å². The number of nitrogens with zero attached hydrogens (tertiary/aromatic N) is 2. The van der Waals surface area contributed by atoms with E-state index in [-0.39, 0.29) is 5.91 Å². The molecule has 0 saturated carbocycles. The summed E-state index contributed by atoms with van der Waals surface area (Å²) in [5.41, 5.74) is 2.45. The van der Waals surface area contributed by atoms with Gasteiger partial charge in [0.1, 0.15) is 5.82 Å². The van der Waals surface area contributed by atoms with Crippen molar-refractivity contribution in [1.29, 1.82) is 0 Å². The van der Waals surface area contributed by atoms with Crippen molar-refractivity contribution in [2.75, 3.05) is 0 Å². The highest BCUT2D eigenvalue weighted by molar-refractivity contribution is 5.91. The molecule has 0 aliphatic rings. The summed E-state index contributed by atoms with van der Waals surface area (Å²) < 4.78 is 2.02. The summed E-state index contributed by atoms with van der Waals surface area (Å²) >= 11 is 0. The number of aromatic nitrogens is 2. The van der Waals surface area contributed by atoms with Crippen LogP contribution in [-0.2, 0) is 24.8 Å². The summed E-state index contributed by atoms with van der Waals surface area (Å²) in [6.07, 6.45) is 2.55. The predicted octanol–water partition coefficient (Wildman–Crippen LogP) is 1.65. The monoisotopic (exact) mass is 233 g/mol. The highest BCUT2D eigenvalue weighted by Gasteiger charge is 2.11. The molecule has 0 unspecified atom stereocenters. The van der Waals surface area contributed by atoms with Crippen LogP contribution in [0.4, 0.5) is 0 Å². The molecule has 17 heavy (non-hydrogen) atoms. The molecular weight excluding hydrogens is 214 g/mol. The molecule has 4 heteroatoms. The van der Waals surface area contributed by atoms with Crippen molar-refractivity contribution in [3.8, 4) is 0 Å². The Morgan fingerprint density at radius 2 is 2.24 bits per heavy atom. The van der Waals surface area contributed by atoms with Crippen LogP contribution in [0.1, 0.15) is 24.1 Å². The maximum absolute atomic E-state index is 11.4. The van der Waals surface area contributed by atoms with Crippen molar-refractivity contribution in [3.05, 3.63) is 42.0 Å². The van der Waals surface area contributed by atoms with Gasteiger partial charge in [-0.1, -0.05) is 12.7 Å². The summed E-state index contributed by atoms with van der Waals surface area (Å²) in [6, 6.07) is 0. The van der Waals surface area contributed by atoms with E-state index < -0.39 is 0 Å². The minimum atomic E-state index is -0.139. The fraction of sp³-hybridized carbons (Fsp3) is 0.385. The van der Waals surface area contributed by atoms with Crippen LogP contribution in [0.5, 0.6) is 0 Å². The lowest BCUT2D eigenvalue weighted by atomic mass is 10.3. The molecule has 0 aliphatic heterocycles. The van der Waals surface area contributed by atoms with Gasteiger partial charge in [-0.25, -0.2) is 4.98 Å². The molecule has 92 valence electrons. The molecule has 1 aromatic rings. The average Bonchev–Trinajstić information content (AvgIpc) is 2.54. The van der Waals surface area contributed by atoms with Crippen LogP contribution in [0, 0.1) is 6.92 Å². The highest BCUT2D eigenvalue weighted by atomic mass is 16.1. The number of imidazole rings is 1. The third-order valence-corrected chi connectivity index (χ3v) is 2.70. The van der Waals surface area contributed by atoms with E-state index in [9.17, 15) is 4.79 Å². The Labute approximate surface area is 102 Å². The summed E-state index contributed by atoms with van der Waals surface area (Å²) in [6.45, 7) is 11.4. The summed E-state index contributed by atoms with van der Waals surface area (Å²) in [5.74, 6) is 0.817. The van der Waals surface area contributed by atoms with E-state index >= 15 is 0 Å². The van der Waals surface area contributed by atoms with Crippen LogP contribution >= 0.6 is 0 Å². The molecule has 0 aliphatic carbocycles. The SMILES string of the molecule is C=CCc1nc(CNC(=O)C(=C)C)c(C)n1C. The molecule has 0 atom stereocenters. The quantitative estimate of drug-likeness (QED) is 0.621. The number of amides is 1. The lowest BCUT2D eigenvalue weighted by Crippen LogP contribution is -2.23. The smallest absolute Gasteiger partial charge is 0.246 e. The lowest BCUT2D eigenvalue weighted by molar-refractivity contribution is -0.117. The first kappa shape index (κ1) is 13.2. The Morgan fingerprint density at radius 1 is 1.59 bits per heavy atom. The van der Waals surface area contributed by atoms with Gasteiger partial charge in [0.25, 0.3) is 0 Å². The Kier molecular flexibility index (Phi) is 4.26. The number of carbonyl (C=O) groups excluding carboxylic acids is 1. The molecule has 0 spiro atoms. The number of nitrogens with one attached hydrogen (secondary N) is 1. The normalized spacial score (nSPS) is 10.1. The topological polar surface area (TPSA) is 46.9 Å². The van der Waals surface area contributed by atoms with Crippen LogP contribution < -0.4 is 5.32 Å². The zero-order valence-corrected chi connectivity index (χ0v) is 10.7. The maximum Gasteiger partial charge on any atom is 0.246 e. The van der Waals surface area contributed by atoms with Crippen molar-refractivity contribution in [2.45, 2.75) is 26.8 Å². The summed E-state index contributed by atoms with van der Waals surface area (Å²) in [5, 5.41) is 2.78. The van der Waals surface area contributed by atoms with Crippen molar-refractivity contribution in [3.63, 3.8) is 0 Å². The van der Waals surface area contributed by atoms with E-state index in [1.54, 1.807) is 6.92 Å². The zero-order chi connectivity index (χ0) is 13.0. The molecule has 1 heterocycles. The standard InChI is InChI=1S/C13H19N3O/c1-6-7-12-15-11(10(4)16(12)5)8-14-13(17)9(2)3/h6H,1-2,7-8H2,3-5H3,(H,14,17). The minimum Gasteiger partial charge on any atom is -0.347 e. The molecule has 1 amide bonds. The molecule has 0 saturated heterocycles. The van der Waals surface area contributed by atoms with Gasteiger partial charge in [-0.05, 0) is 13.8 Å². The number of hydrogen-bond acceptors (Lipinski definition) is 2. The first-order valence-corrected chi connectivity index (χ1v) is 5.53. The van der Waals surface area contributed by atoms with Crippen LogP contribution in [0.3, 0.4) is 0 Å². The number of rotatable bonds is 5. The first-order chi connectivity index (χ1) is 7.97. The van der Waals surface area contributed by atoms with E-state index in [2.05, 4.69) is 23.5 Å². The van der Waals surface area contributed by atoms with Crippen LogP contribution in [0.2, 0.25) is 0 Å². The van der Waals surface area contributed by atoms with Gasteiger partial charge in [-0.3, -0.25) is 4.79 Å². The van der Waals surface area contributed by atoms with Gasteiger partial charge < -0.3 is 9.88 Å². The van der Waals surface area contributed by atoms with Gasteiger partial charge in [0.05, 0.1) is 12.2 Å². The molecule has 0 aromatic carbocycles. The molecule has 0 bridgehead atoms. The minimum absolute atomic E-state index is 0.139. The van der Waals surface area contributed by atoms with Crippen LogP contribution in [0.25, 0.3) is 0 Å². The molecular formula is C13H19N3O. The second-order valence-electron chi connectivity index (χ2n) is 4.07. The Morgan fingerprint density at radius 3 is 2.76 bits per heavy atom. The van der Waals surface area contributed by atoms with Gasteiger partial charge in [0.2, 0.25) is 5.91 Å². The predicted molar refractivity (Wildman–Crippen MR) is 68.5 cm³/mol. The molecule has 1 aromatic heterocycles. The highest BCUT2D eigenvalue weighted by Crippen LogP contribution is 2.10. The fourth-order valence-electron chi connectivity index (χ4n) is 1.49. The second kappa shape index (κ2) is 5.48. The van der Waals surface area contributed by atoms with Crippen molar-refractivity contribution >= 4 is 5.91 Å². The summed E-state index contributed by atoms with van der Waals surface area (Å²) in [4.78, 5) is 15.9. The molecule has 1 rings (SSSR count). The third kappa shape index (κ3) is 3.06. The number of hydrogen-bond donors (Lipinski definition) is 1. The van der Waals surface area contributed by atoms with Gasteiger partial charge in [0, 0.05) is 24.7 Å². The molecule has 1 N–H and O–H groups in total.